The van der Waals surface area contributed by atoms with Gasteiger partial charge in [-0.25, -0.2) is 4.39 Å². The van der Waals surface area contributed by atoms with Crippen molar-refractivity contribution in [2.24, 2.45) is 0 Å². The van der Waals surface area contributed by atoms with E-state index in [9.17, 15) is 9.18 Å². The molecule has 1 N–H and O–H groups in total. The molecular weight excluding hydrogens is 355 g/mol. The fourth-order valence-corrected chi connectivity index (χ4v) is 3.13. The SMILES string of the molecule is COc1ccc2c(c1)cc(-c1ccc(F)c(Cl)c1)n2CC(=O)NC(C)C. The number of aromatic nitrogens is 1. The Morgan fingerprint density at radius 2 is 2.00 bits per heavy atom. The molecule has 0 aliphatic carbocycles. The van der Waals surface area contributed by atoms with E-state index >= 15 is 0 Å². The number of nitrogens with zero attached hydrogens (tertiary/aromatic N) is 1. The van der Waals surface area contributed by atoms with Gasteiger partial charge >= 0.3 is 0 Å². The summed E-state index contributed by atoms with van der Waals surface area (Å²) >= 11 is 5.95. The fraction of sp³-hybridized carbons (Fsp3) is 0.250. The van der Waals surface area contributed by atoms with Crippen molar-refractivity contribution in [3.05, 3.63) is 53.3 Å². The Bertz CT molecular complexity index is 966. The predicted molar refractivity (Wildman–Crippen MR) is 102 cm³/mol. The first-order valence-electron chi connectivity index (χ1n) is 8.31. The van der Waals surface area contributed by atoms with Gasteiger partial charge in [0.1, 0.15) is 18.1 Å². The molecule has 0 spiro atoms. The number of benzene rings is 2. The van der Waals surface area contributed by atoms with Crippen LogP contribution in [0, 0.1) is 5.82 Å². The Labute approximate surface area is 156 Å². The lowest BCUT2D eigenvalue weighted by Crippen LogP contribution is -2.33. The Hall–Kier alpha value is -2.53. The number of carbonyl (C=O) groups excluding carboxylic acids is 1. The van der Waals surface area contributed by atoms with Crippen LogP contribution in [0.15, 0.2) is 42.5 Å². The lowest BCUT2D eigenvalue weighted by molar-refractivity contribution is -0.122. The molecule has 3 rings (SSSR count). The third-order valence-corrected chi connectivity index (χ3v) is 4.36. The van der Waals surface area contributed by atoms with Gasteiger partial charge in [-0.3, -0.25) is 4.79 Å². The average molecular weight is 375 g/mol. The van der Waals surface area contributed by atoms with Crippen molar-refractivity contribution < 1.29 is 13.9 Å². The zero-order valence-corrected chi connectivity index (χ0v) is 15.6. The van der Waals surface area contributed by atoms with Gasteiger partial charge in [0, 0.05) is 22.6 Å². The number of methoxy groups -OCH3 is 1. The molecule has 0 aliphatic rings. The molecule has 0 unspecified atom stereocenters. The number of nitrogens with one attached hydrogen (secondary N) is 1. The van der Waals surface area contributed by atoms with E-state index in [2.05, 4.69) is 5.32 Å². The Balaban J connectivity index is 2.14. The summed E-state index contributed by atoms with van der Waals surface area (Å²) in [6, 6.07) is 12.2. The van der Waals surface area contributed by atoms with Crippen molar-refractivity contribution in [1.29, 1.82) is 0 Å². The molecule has 6 heteroatoms. The predicted octanol–water partition coefficient (Wildman–Crippen LogP) is 4.63. The molecule has 1 heterocycles. The van der Waals surface area contributed by atoms with Gasteiger partial charge in [-0.2, -0.15) is 0 Å². The summed E-state index contributed by atoms with van der Waals surface area (Å²) in [5.41, 5.74) is 2.41. The molecule has 1 aromatic heterocycles. The summed E-state index contributed by atoms with van der Waals surface area (Å²) in [4.78, 5) is 12.3. The highest BCUT2D eigenvalue weighted by Gasteiger charge is 2.16. The second-order valence-corrected chi connectivity index (χ2v) is 6.80. The molecule has 0 saturated heterocycles. The van der Waals surface area contributed by atoms with Gasteiger partial charge in [0.05, 0.1) is 12.1 Å². The number of ether oxygens (including phenoxy) is 1. The molecule has 0 fully saturated rings. The van der Waals surface area contributed by atoms with Crippen LogP contribution in [0.1, 0.15) is 13.8 Å². The second-order valence-electron chi connectivity index (χ2n) is 6.39. The van der Waals surface area contributed by atoms with Crippen molar-refractivity contribution in [2.45, 2.75) is 26.4 Å². The first-order chi connectivity index (χ1) is 12.4. The zero-order chi connectivity index (χ0) is 18.8. The first kappa shape index (κ1) is 18.3. The van der Waals surface area contributed by atoms with E-state index in [1.54, 1.807) is 19.2 Å². The minimum atomic E-state index is -0.475. The van der Waals surface area contributed by atoms with Gasteiger partial charge in [0.15, 0.2) is 0 Å². The maximum Gasteiger partial charge on any atom is 0.240 e. The molecular formula is C20H20ClFN2O2. The zero-order valence-electron chi connectivity index (χ0n) is 14.8. The van der Waals surface area contributed by atoms with Gasteiger partial charge in [-0.15, -0.1) is 0 Å². The molecule has 26 heavy (non-hydrogen) atoms. The van der Waals surface area contributed by atoms with Crippen LogP contribution < -0.4 is 10.1 Å². The topological polar surface area (TPSA) is 43.3 Å². The largest absolute Gasteiger partial charge is 0.497 e. The molecule has 4 nitrogen and oxygen atoms in total. The van der Waals surface area contributed by atoms with E-state index in [0.717, 1.165) is 27.9 Å². The molecule has 0 atom stereocenters. The number of halogens is 2. The molecule has 0 radical (unpaired) electrons. The Kier molecular flexibility index (Phi) is 5.18. The van der Waals surface area contributed by atoms with Crippen LogP contribution in [0.5, 0.6) is 5.75 Å². The van der Waals surface area contributed by atoms with Crippen LogP contribution in [-0.4, -0.2) is 23.6 Å². The van der Waals surface area contributed by atoms with Gasteiger partial charge < -0.3 is 14.6 Å². The van der Waals surface area contributed by atoms with E-state index in [1.807, 2.05) is 42.7 Å². The van der Waals surface area contributed by atoms with Crippen LogP contribution in [-0.2, 0) is 11.3 Å². The third kappa shape index (κ3) is 3.68. The van der Waals surface area contributed by atoms with Gasteiger partial charge in [0.25, 0.3) is 0 Å². The van der Waals surface area contributed by atoms with Crippen LogP contribution in [0.2, 0.25) is 5.02 Å². The Morgan fingerprint density at radius 3 is 2.65 bits per heavy atom. The lowest BCUT2D eigenvalue weighted by atomic mass is 10.1. The van der Waals surface area contributed by atoms with Crippen LogP contribution in [0.25, 0.3) is 22.2 Å². The van der Waals surface area contributed by atoms with E-state index < -0.39 is 5.82 Å². The maximum atomic E-state index is 13.6. The molecule has 1 amide bonds. The molecule has 2 aromatic carbocycles. The molecule has 0 aliphatic heterocycles. The highest BCUT2D eigenvalue weighted by atomic mass is 35.5. The summed E-state index contributed by atoms with van der Waals surface area (Å²) in [5, 5.41) is 3.87. The minimum Gasteiger partial charge on any atom is -0.497 e. The van der Waals surface area contributed by atoms with Crippen molar-refractivity contribution in [1.82, 2.24) is 9.88 Å². The summed E-state index contributed by atoms with van der Waals surface area (Å²) in [6.45, 7) is 3.98. The summed E-state index contributed by atoms with van der Waals surface area (Å²) in [5.74, 6) is 0.157. The van der Waals surface area contributed by atoms with E-state index in [4.69, 9.17) is 16.3 Å². The summed E-state index contributed by atoms with van der Waals surface area (Å²) < 4.78 is 20.7. The van der Waals surface area contributed by atoms with Gasteiger partial charge in [0.2, 0.25) is 5.91 Å². The van der Waals surface area contributed by atoms with E-state index in [1.165, 1.54) is 6.07 Å². The van der Waals surface area contributed by atoms with Crippen LogP contribution >= 0.6 is 11.6 Å². The van der Waals surface area contributed by atoms with Crippen molar-refractivity contribution in [3.8, 4) is 17.0 Å². The van der Waals surface area contributed by atoms with E-state index in [0.29, 0.717) is 0 Å². The number of carbonyl (C=O) groups is 1. The number of rotatable bonds is 5. The Morgan fingerprint density at radius 1 is 1.23 bits per heavy atom. The van der Waals surface area contributed by atoms with E-state index in [-0.39, 0.29) is 23.5 Å². The molecule has 0 saturated carbocycles. The fourth-order valence-electron chi connectivity index (χ4n) is 2.95. The standard InChI is InChI=1S/C20H20ClFN2O2/c1-12(2)23-20(25)11-24-18-7-5-15(26-3)8-14(18)10-19(24)13-4-6-17(22)16(21)9-13/h4-10,12H,11H2,1-3H3,(H,23,25). The average Bonchev–Trinajstić information content (AvgIpc) is 2.94. The minimum absolute atomic E-state index is 0.0449. The smallest absolute Gasteiger partial charge is 0.240 e. The monoisotopic (exact) mass is 374 g/mol. The van der Waals surface area contributed by atoms with Gasteiger partial charge in [-0.05, 0) is 61.9 Å². The molecule has 0 bridgehead atoms. The van der Waals surface area contributed by atoms with Crippen molar-refractivity contribution in [3.63, 3.8) is 0 Å². The lowest BCUT2D eigenvalue weighted by Gasteiger charge is -2.13. The summed E-state index contributed by atoms with van der Waals surface area (Å²) in [7, 11) is 1.61. The maximum absolute atomic E-state index is 13.6. The summed E-state index contributed by atoms with van der Waals surface area (Å²) in [6.07, 6.45) is 0. The first-order valence-corrected chi connectivity index (χ1v) is 8.69. The quantitative estimate of drug-likeness (QED) is 0.707. The van der Waals surface area contributed by atoms with Crippen molar-refractivity contribution in [2.75, 3.05) is 7.11 Å². The highest BCUT2D eigenvalue weighted by molar-refractivity contribution is 6.31. The van der Waals surface area contributed by atoms with Crippen LogP contribution in [0.3, 0.4) is 0 Å². The van der Waals surface area contributed by atoms with Crippen LogP contribution in [0.4, 0.5) is 4.39 Å². The highest BCUT2D eigenvalue weighted by Crippen LogP contribution is 2.32. The molecule has 136 valence electrons. The second kappa shape index (κ2) is 7.38. The third-order valence-electron chi connectivity index (χ3n) is 4.08. The normalized spacial score (nSPS) is 11.2. The van der Waals surface area contributed by atoms with Gasteiger partial charge in [-0.1, -0.05) is 11.6 Å². The number of hydrogen-bond acceptors (Lipinski definition) is 2. The number of amides is 1. The van der Waals surface area contributed by atoms with Crippen molar-refractivity contribution >= 4 is 28.4 Å². The number of hydrogen-bond donors (Lipinski definition) is 1. The molecule has 3 aromatic rings. The number of fused-ring (bicyclic) bond motifs is 1.